The number of nitrogens with two attached hydrogens (primary N) is 1. The molecule has 0 fully saturated rings. The Bertz CT molecular complexity index is 621. The molecule has 2 aromatic rings. The van der Waals surface area contributed by atoms with Gasteiger partial charge < -0.3 is 15.0 Å². The molecule has 0 amide bonds. The number of fused-ring (bicyclic) bond motifs is 1. The highest BCUT2D eigenvalue weighted by atomic mass is 16.5. The van der Waals surface area contributed by atoms with Gasteiger partial charge in [-0.2, -0.15) is 4.98 Å². The molecule has 2 N–H and O–H groups in total. The molecule has 1 aliphatic rings. The minimum atomic E-state index is -0.562. The fourth-order valence-corrected chi connectivity index (χ4v) is 2.75. The fourth-order valence-electron chi connectivity index (χ4n) is 2.75. The molecule has 0 spiro atoms. The number of aromatic nitrogens is 2. The molecule has 0 aliphatic carbocycles. The second kappa shape index (κ2) is 5.48. The van der Waals surface area contributed by atoms with Gasteiger partial charge in [0.2, 0.25) is 5.89 Å². The van der Waals surface area contributed by atoms with Crippen LogP contribution in [0.25, 0.3) is 0 Å². The van der Waals surface area contributed by atoms with Gasteiger partial charge >= 0.3 is 0 Å². The van der Waals surface area contributed by atoms with E-state index < -0.39 is 5.54 Å². The van der Waals surface area contributed by atoms with Crippen molar-refractivity contribution in [3.63, 3.8) is 0 Å². The van der Waals surface area contributed by atoms with Crippen molar-refractivity contribution in [2.45, 2.75) is 44.6 Å². The van der Waals surface area contributed by atoms with Crippen molar-refractivity contribution in [1.29, 1.82) is 0 Å². The van der Waals surface area contributed by atoms with Gasteiger partial charge in [-0.1, -0.05) is 36.7 Å². The molecular formula is C16H21N3O2. The smallest absolute Gasteiger partial charge is 0.246 e. The number of benzene rings is 1. The normalized spacial score (nSPS) is 20.4. The van der Waals surface area contributed by atoms with Crippen LogP contribution in [0, 0.1) is 0 Å². The van der Waals surface area contributed by atoms with E-state index in [-0.39, 0.29) is 5.92 Å². The second-order valence-electron chi connectivity index (χ2n) is 5.94. The number of hydrogen-bond acceptors (Lipinski definition) is 5. The largest absolute Gasteiger partial charge is 0.493 e. The van der Waals surface area contributed by atoms with Crippen LogP contribution in [-0.4, -0.2) is 16.7 Å². The summed E-state index contributed by atoms with van der Waals surface area (Å²) in [6, 6.07) is 8.07. The summed E-state index contributed by atoms with van der Waals surface area (Å²) in [6.07, 6.45) is 2.66. The maximum absolute atomic E-state index is 6.24. The summed E-state index contributed by atoms with van der Waals surface area (Å²) in [5.41, 5.74) is 6.86. The Morgan fingerprint density at radius 1 is 1.38 bits per heavy atom. The fraction of sp³-hybridized carbons (Fsp3) is 0.500. The van der Waals surface area contributed by atoms with Crippen molar-refractivity contribution in [2.24, 2.45) is 5.73 Å². The molecule has 5 heteroatoms. The van der Waals surface area contributed by atoms with Crippen LogP contribution < -0.4 is 10.5 Å². The van der Waals surface area contributed by atoms with Gasteiger partial charge in [-0.25, -0.2) is 0 Å². The standard InChI is InChI=1S/C16H21N3O2/c1-3-8-16(2,17)15-18-14(19-21-15)12-9-11-6-4-5-7-13(11)20-10-12/h4-7,12H,3,8-10,17H2,1-2H3. The zero-order chi connectivity index (χ0) is 14.9. The van der Waals surface area contributed by atoms with Crippen molar-refractivity contribution < 1.29 is 9.26 Å². The molecule has 1 aromatic carbocycles. The van der Waals surface area contributed by atoms with Gasteiger partial charge in [0.15, 0.2) is 5.82 Å². The summed E-state index contributed by atoms with van der Waals surface area (Å²) < 4.78 is 11.2. The van der Waals surface area contributed by atoms with Crippen LogP contribution in [0.5, 0.6) is 5.75 Å². The minimum absolute atomic E-state index is 0.120. The third-order valence-electron chi connectivity index (χ3n) is 3.94. The Kier molecular flexibility index (Phi) is 3.68. The summed E-state index contributed by atoms with van der Waals surface area (Å²) >= 11 is 0. The summed E-state index contributed by atoms with van der Waals surface area (Å²) in [7, 11) is 0. The van der Waals surface area contributed by atoms with E-state index in [1.165, 1.54) is 5.56 Å². The zero-order valence-electron chi connectivity index (χ0n) is 12.5. The van der Waals surface area contributed by atoms with Crippen molar-refractivity contribution in [1.82, 2.24) is 10.1 Å². The van der Waals surface area contributed by atoms with Crippen LogP contribution in [0.3, 0.4) is 0 Å². The topological polar surface area (TPSA) is 74.2 Å². The van der Waals surface area contributed by atoms with Crippen LogP contribution in [-0.2, 0) is 12.0 Å². The molecule has 0 saturated carbocycles. The van der Waals surface area contributed by atoms with Crippen molar-refractivity contribution in [3.05, 3.63) is 41.5 Å². The van der Waals surface area contributed by atoms with Crippen molar-refractivity contribution in [3.8, 4) is 5.75 Å². The quantitative estimate of drug-likeness (QED) is 0.936. The third kappa shape index (κ3) is 2.78. The lowest BCUT2D eigenvalue weighted by atomic mass is 9.95. The van der Waals surface area contributed by atoms with Crippen molar-refractivity contribution in [2.75, 3.05) is 6.61 Å². The molecule has 0 bridgehead atoms. The first-order valence-electron chi connectivity index (χ1n) is 7.44. The first-order valence-corrected chi connectivity index (χ1v) is 7.44. The number of rotatable bonds is 4. The number of ether oxygens (including phenoxy) is 1. The van der Waals surface area contributed by atoms with Gasteiger partial charge in [0.1, 0.15) is 5.75 Å². The summed E-state index contributed by atoms with van der Waals surface area (Å²) in [4.78, 5) is 4.51. The molecule has 5 nitrogen and oxygen atoms in total. The molecule has 0 radical (unpaired) electrons. The lowest BCUT2D eigenvalue weighted by Crippen LogP contribution is -2.33. The van der Waals surface area contributed by atoms with Crippen LogP contribution in [0.15, 0.2) is 28.8 Å². The highest BCUT2D eigenvalue weighted by Gasteiger charge is 2.31. The van der Waals surface area contributed by atoms with Crippen molar-refractivity contribution >= 4 is 0 Å². The molecule has 2 unspecified atom stereocenters. The van der Waals surface area contributed by atoms with Gasteiger partial charge in [-0.15, -0.1) is 0 Å². The molecule has 1 aromatic heterocycles. The average molecular weight is 287 g/mol. The minimum Gasteiger partial charge on any atom is -0.493 e. The molecular weight excluding hydrogens is 266 g/mol. The van der Waals surface area contributed by atoms with Gasteiger partial charge in [0.25, 0.3) is 0 Å². The predicted octanol–water partition coefficient (Wildman–Crippen LogP) is 2.76. The van der Waals surface area contributed by atoms with E-state index in [1.54, 1.807) is 0 Å². The van der Waals surface area contributed by atoms with Crippen LogP contribution >= 0.6 is 0 Å². The molecule has 21 heavy (non-hydrogen) atoms. The maximum atomic E-state index is 6.24. The summed E-state index contributed by atoms with van der Waals surface area (Å²) in [6.45, 7) is 4.60. The molecule has 2 heterocycles. The SMILES string of the molecule is CCCC(C)(N)c1nc(C2COc3ccccc3C2)no1. The first-order chi connectivity index (χ1) is 10.1. The highest BCUT2D eigenvalue weighted by Crippen LogP contribution is 2.32. The Morgan fingerprint density at radius 3 is 3.00 bits per heavy atom. The van der Waals surface area contributed by atoms with E-state index in [0.29, 0.717) is 18.3 Å². The number of para-hydroxylation sites is 1. The molecule has 3 rings (SSSR count). The number of hydrogen-bond donors (Lipinski definition) is 1. The third-order valence-corrected chi connectivity index (χ3v) is 3.94. The average Bonchev–Trinajstić information content (AvgIpc) is 2.97. The van der Waals surface area contributed by atoms with E-state index in [2.05, 4.69) is 23.1 Å². The van der Waals surface area contributed by atoms with E-state index >= 15 is 0 Å². The monoisotopic (exact) mass is 287 g/mol. The van der Waals surface area contributed by atoms with Gasteiger partial charge in [0, 0.05) is 0 Å². The molecule has 0 saturated heterocycles. The van der Waals surface area contributed by atoms with Crippen LogP contribution in [0.2, 0.25) is 0 Å². The van der Waals surface area contributed by atoms with Crippen LogP contribution in [0.4, 0.5) is 0 Å². The van der Waals surface area contributed by atoms with Gasteiger partial charge in [-0.05, 0) is 31.4 Å². The summed E-state index contributed by atoms with van der Waals surface area (Å²) in [5, 5.41) is 4.12. The lowest BCUT2D eigenvalue weighted by Gasteiger charge is -2.23. The first kappa shape index (κ1) is 14.1. The zero-order valence-corrected chi connectivity index (χ0v) is 12.5. The predicted molar refractivity (Wildman–Crippen MR) is 79.1 cm³/mol. The molecule has 1 aliphatic heterocycles. The van der Waals surface area contributed by atoms with E-state index in [0.717, 1.165) is 25.0 Å². The number of nitrogens with zero attached hydrogens (tertiary/aromatic N) is 2. The van der Waals surface area contributed by atoms with E-state index in [1.807, 2.05) is 25.1 Å². The molecule has 2 atom stereocenters. The lowest BCUT2D eigenvalue weighted by molar-refractivity contribution is 0.251. The highest BCUT2D eigenvalue weighted by molar-refractivity contribution is 5.36. The Morgan fingerprint density at radius 2 is 2.19 bits per heavy atom. The van der Waals surface area contributed by atoms with Gasteiger partial charge in [-0.3, -0.25) is 0 Å². The second-order valence-corrected chi connectivity index (χ2v) is 5.94. The Hall–Kier alpha value is -1.88. The Labute approximate surface area is 124 Å². The van der Waals surface area contributed by atoms with Gasteiger partial charge in [0.05, 0.1) is 18.1 Å². The molecule has 112 valence electrons. The summed E-state index contributed by atoms with van der Waals surface area (Å²) in [5.74, 6) is 2.27. The van der Waals surface area contributed by atoms with E-state index in [9.17, 15) is 0 Å². The maximum Gasteiger partial charge on any atom is 0.246 e. The Balaban J connectivity index is 1.79. The van der Waals surface area contributed by atoms with Crippen LogP contribution in [0.1, 0.15) is 49.9 Å². The van der Waals surface area contributed by atoms with E-state index in [4.69, 9.17) is 15.0 Å².